The van der Waals surface area contributed by atoms with Gasteiger partial charge in [0.1, 0.15) is 33.9 Å². The zero-order valence-electron chi connectivity index (χ0n) is 17.7. The van der Waals surface area contributed by atoms with E-state index in [0.29, 0.717) is 31.1 Å². The van der Waals surface area contributed by atoms with Gasteiger partial charge in [0, 0.05) is 42.3 Å². The predicted octanol–water partition coefficient (Wildman–Crippen LogP) is 4.89. The molecule has 0 saturated heterocycles. The van der Waals surface area contributed by atoms with Gasteiger partial charge in [-0.1, -0.05) is 65.9 Å². The quantitative estimate of drug-likeness (QED) is 0.363. The zero-order chi connectivity index (χ0) is 22.6. The summed E-state index contributed by atoms with van der Waals surface area (Å²) >= 11 is 0. The highest BCUT2D eigenvalue weighted by molar-refractivity contribution is 5.86. The van der Waals surface area contributed by atoms with E-state index in [4.69, 9.17) is 9.15 Å². The molecule has 0 unspecified atom stereocenters. The lowest BCUT2D eigenvalue weighted by atomic mass is 10.1. The predicted molar refractivity (Wildman–Crippen MR) is 125 cm³/mol. The fourth-order valence-corrected chi connectivity index (χ4v) is 3.64. The van der Waals surface area contributed by atoms with Gasteiger partial charge >= 0.3 is 0 Å². The van der Waals surface area contributed by atoms with Crippen molar-refractivity contribution in [3.05, 3.63) is 95.3 Å². The van der Waals surface area contributed by atoms with Crippen LogP contribution in [0.4, 0.5) is 0 Å². The molecule has 0 spiro atoms. The first-order valence-corrected chi connectivity index (χ1v) is 10.6. The van der Waals surface area contributed by atoms with Crippen LogP contribution in [-0.4, -0.2) is 26.7 Å². The molecule has 0 aliphatic heterocycles. The number of benzene rings is 3. The van der Waals surface area contributed by atoms with E-state index in [1.807, 2.05) is 66.9 Å². The second-order valence-corrected chi connectivity index (χ2v) is 7.59. The lowest BCUT2D eigenvalue weighted by molar-refractivity contribution is 0.296. The van der Waals surface area contributed by atoms with Crippen molar-refractivity contribution in [2.75, 3.05) is 6.61 Å². The molecule has 0 aliphatic rings. The van der Waals surface area contributed by atoms with Crippen LogP contribution in [0.5, 0.6) is 11.5 Å². The molecule has 1 N–H and O–H groups in total. The molecule has 0 fully saturated rings. The van der Waals surface area contributed by atoms with Crippen molar-refractivity contribution in [1.29, 1.82) is 0 Å². The number of rotatable bonds is 7. The Morgan fingerprint density at radius 2 is 1.67 bits per heavy atom. The Bertz CT molecular complexity index is 1440. The van der Waals surface area contributed by atoms with Gasteiger partial charge in [0.2, 0.25) is 0 Å². The van der Waals surface area contributed by atoms with Crippen molar-refractivity contribution >= 4 is 11.0 Å². The summed E-state index contributed by atoms with van der Waals surface area (Å²) in [5, 5.41) is 18.9. The van der Waals surface area contributed by atoms with Crippen LogP contribution in [0, 0.1) is 0 Å². The molecule has 7 heteroatoms. The van der Waals surface area contributed by atoms with Crippen LogP contribution in [0.2, 0.25) is 0 Å². The average molecular weight is 439 g/mol. The van der Waals surface area contributed by atoms with E-state index in [1.54, 1.807) is 10.7 Å². The molecular formula is C26H21N3O4. The van der Waals surface area contributed by atoms with Gasteiger partial charge in [-0.2, -0.15) is 0 Å². The number of phenolic OH excluding ortho intramolecular Hbond substituents is 1. The number of phenols is 1. The van der Waals surface area contributed by atoms with E-state index in [9.17, 15) is 9.90 Å². The molecule has 5 rings (SSSR count). The van der Waals surface area contributed by atoms with E-state index in [2.05, 4.69) is 10.3 Å². The molecule has 0 amide bonds. The SMILES string of the molecule is O=c1cc(-c2ccccc2)oc2cc(OCCCn3cc(-c4ccccc4)nn3)cc(O)c12. The Hall–Kier alpha value is -4.39. The highest BCUT2D eigenvalue weighted by Crippen LogP contribution is 2.31. The molecule has 0 bridgehead atoms. The lowest BCUT2D eigenvalue weighted by Crippen LogP contribution is -2.06. The van der Waals surface area contributed by atoms with Gasteiger partial charge in [-0.25, -0.2) is 0 Å². The number of hydrogen-bond donors (Lipinski definition) is 1. The van der Waals surface area contributed by atoms with Gasteiger partial charge in [0.05, 0.1) is 12.8 Å². The zero-order valence-corrected chi connectivity index (χ0v) is 17.7. The Kier molecular flexibility index (Phi) is 5.59. The Labute approximate surface area is 189 Å². The molecule has 7 nitrogen and oxygen atoms in total. The highest BCUT2D eigenvalue weighted by Gasteiger charge is 2.13. The summed E-state index contributed by atoms with van der Waals surface area (Å²) < 4.78 is 13.5. The summed E-state index contributed by atoms with van der Waals surface area (Å²) in [6.07, 6.45) is 2.58. The topological polar surface area (TPSA) is 90.4 Å². The second-order valence-electron chi connectivity index (χ2n) is 7.59. The van der Waals surface area contributed by atoms with Crippen LogP contribution in [-0.2, 0) is 6.54 Å². The number of aryl methyl sites for hydroxylation is 1. The largest absolute Gasteiger partial charge is 0.507 e. The third kappa shape index (κ3) is 4.48. The molecule has 2 aromatic heterocycles. The summed E-state index contributed by atoms with van der Waals surface area (Å²) in [5.41, 5.74) is 2.59. The van der Waals surface area contributed by atoms with Crippen molar-refractivity contribution in [2.45, 2.75) is 13.0 Å². The van der Waals surface area contributed by atoms with Crippen molar-refractivity contribution in [2.24, 2.45) is 0 Å². The number of ether oxygens (including phenoxy) is 1. The first kappa shape index (κ1) is 20.5. The van der Waals surface area contributed by atoms with Gasteiger partial charge in [0.15, 0.2) is 5.43 Å². The van der Waals surface area contributed by atoms with Gasteiger partial charge < -0.3 is 14.3 Å². The molecule has 0 radical (unpaired) electrons. The molecule has 2 heterocycles. The summed E-state index contributed by atoms with van der Waals surface area (Å²) in [6, 6.07) is 23.7. The van der Waals surface area contributed by atoms with Crippen LogP contribution < -0.4 is 10.2 Å². The monoisotopic (exact) mass is 439 g/mol. The summed E-state index contributed by atoms with van der Waals surface area (Å²) in [4.78, 5) is 12.6. The maximum absolute atomic E-state index is 12.6. The van der Waals surface area contributed by atoms with Crippen molar-refractivity contribution in [1.82, 2.24) is 15.0 Å². The first-order valence-electron chi connectivity index (χ1n) is 10.6. The molecule has 0 saturated carbocycles. The highest BCUT2D eigenvalue weighted by atomic mass is 16.5. The number of aromatic hydroxyl groups is 1. The minimum absolute atomic E-state index is 0.137. The van der Waals surface area contributed by atoms with Gasteiger partial charge in [0.25, 0.3) is 0 Å². The van der Waals surface area contributed by atoms with E-state index in [0.717, 1.165) is 16.8 Å². The molecule has 164 valence electrons. The van der Waals surface area contributed by atoms with E-state index in [1.165, 1.54) is 12.1 Å². The van der Waals surface area contributed by atoms with Crippen LogP contribution >= 0.6 is 0 Å². The fraction of sp³-hybridized carbons (Fsp3) is 0.115. The smallest absolute Gasteiger partial charge is 0.197 e. The summed E-state index contributed by atoms with van der Waals surface area (Å²) in [7, 11) is 0. The van der Waals surface area contributed by atoms with E-state index < -0.39 is 0 Å². The molecule has 0 aliphatic carbocycles. The third-order valence-electron chi connectivity index (χ3n) is 5.25. The Morgan fingerprint density at radius 3 is 2.42 bits per heavy atom. The Morgan fingerprint density at radius 1 is 0.939 bits per heavy atom. The Balaban J connectivity index is 1.27. The van der Waals surface area contributed by atoms with E-state index >= 15 is 0 Å². The van der Waals surface area contributed by atoms with Crippen LogP contribution in [0.25, 0.3) is 33.6 Å². The van der Waals surface area contributed by atoms with Crippen molar-refractivity contribution in [3.63, 3.8) is 0 Å². The van der Waals surface area contributed by atoms with Crippen LogP contribution in [0.3, 0.4) is 0 Å². The van der Waals surface area contributed by atoms with Crippen LogP contribution in [0.15, 0.2) is 94.3 Å². The summed E-state index contributed by atoms with van der Waals surface area (Å²) in [6.45, 7) is 1.03. The molecule has 5 aromatic rings. The lowest BCUT2D eigenvalue weighted by Gasteiger charge is -2.09. The average Bonchev–Trinajstić information content (AvgIpc) is 3.31. The molecule has 33 heavy (non-hydrogen) atoms. The second kappa shape index (κ2) is 9.00. The molecule has 3 aromatic carbocycles. The number of hydrogen-bond acceptors (Lipinski definition) is 6. The molecular weight excluding hydrogens is 418 g/mol. The minimum Gasteiger partial charge on any atom is -0.507 e. The minimum atomic E-state index is -0.306. The van der Waals surface area contributed by atoms with Crippen molar-refractivity contribution < 1.29 is 14.3 Å². The maximum Gasteiger partial charge on any atom is 0.197 e. The van der Waals surface area contributed by atoms with E-state index in [-0.39, 0.29) is 22.1 Å². The van der Waals surface area contributed by atoms with Gasteiger partial charge in [-0.3, -0.25) is 9.48 Å². The number of fused-ring (bicyclic) bond motifs is 1. The molecule has 0 atom stereocenters. The number of nitrogens with zero attached hydrogens (tertiary/aromatic N) is 3. The third-order valence-corrected chi connectivity index (χ3v) is 5.25. The normalized spacial score (nSPS) is 11.0. The standard InChI is InChI=1S/C26H21N3O4/c30-22-14-20(15-25-26(22)23(31)16-24(33-25)19-10-5-2-6-11-19)32-13-7-12-29-17-21(27-28-29)18-8-3-1-4-9-18/h1-6,8-11,14-17,30H,7,12-13H2. The number of aromatic nitrogens is 3. The maximum atomic E-state index is 12.6. The first-order chi connectivity index (χ1) is 16.2. The van der Waals surface area contributed by atoms with Crippen molar-refractivity contribution in [3.8, 4) is 34.1 Å². The van der Waals surface area contributed by atoms with Crippen LogP contribution in [0.1, 0.15) is 6.42 Å². The fourth-order valence-electron chi connectivity index (χ4n) is 3.64. The van der Waals surface area contributed by atoms with Gasteiger partial charge in [-0.05, 0) is 0 Å². The summed E-state index contributed by atoms with van der Waals surface area (Å²) in [5.74, 6) is 0.696. The van der Waals surface area contributed by atoms with Gasteiger partial charge in [-0.15, -0.1) is 5.10 Å².